The van der Waals surface area contributed by atoms with E-state index in [2.05, 4.69) is 82.0 Å². The van der Waals surface area contributed by atoms with Gasteiger partial charge in [0.2, 0.25) is 0 Å². The number of rotatable bonds is 4. The minimum Gasteiger partial charge on any atom is -0.304 e. The van der Waals surface area contributed by atoms with Crippen LogP contribution in [0.25, 0.3) is 0 Å². The Kier molecular flexibility index (Phi) is 5.76. The van der Waals surface area contributed by atoms with Crippen LogP contribution in [0.15, 0.2) is 0 Å². The quantitative estimate of drug-likeness (QED) is 0.781. The van der Waals surface area contributed by atoms with Crippen LogP contribution in [0.1, 0.15) is 55.4 Å². The van der Waals surface area contributed by atoms with Gasteiger partial charge in [-0.3, -0.25) is 14.7 Å². The first kappa shape index (κ1) is 20.2. The zero-order valence-electron chi connectivity index (χ0n) is 17.8. The van der Waals surface area contributed by atoms with Crippen LogP contribution >= 0.6 is 0 Å². The van der Waals surface area contributed by atoms with Crippen molar-refractivity contribution in [3.05, 3.63) is 0 Å². The monoisotopic (exact) mass is 338 g/mol. The molecule has 0 unspecified atom stereocenters. The van der Waals surface area contributed by atoms with E-state index in [0.29, 0.717) is 6.04 Å². The van der Waals surface area contributed by atoms with Gasteiger partial charge < -0.3 is 4.90 Å². The van der Waals surface area contributed by atoms with E-state index in [1.165, 1.54) is 39.3 Å². The molecule has 142 valence electrons. The number of hydrogen-bond donors (Lipinski definition) is 0. The minimum atomic E-state index is 0.156. The van der Waals surface area contributed by atoms with Gasteiger partial charge in [-0.25, -0.2) is 0 Å². The van der Waals surface area contributed by atoms with Gasteiger partial charge in [-0.15, -0.1) is 0 Å². The summed E-state index contributed by atoms with van der Waals surface area (Å²) in [7, 11) is 2.24. The van der Waals surface area contributed by atoms with Crippen molar-refractivity contribution < 1.29 is 0 Å². The Hall–Kier alpha value is -0.160. The summed E-state index contributed by atoms with van der Waals surface area (Å²) in [5.74, 6) is 0. The third-order valence-electron chi connectivity index (χ3n) is 7.17. The predicted octanol–water partition coefficient (Wildman–Crippen LogP) is 2.60. The highest BCUT2D eigenvalue weighted by Crippen LogP contribution is 2.37. The van der Waals surface area contributed by atoms with E-state index in [0.717, 1.165) is 6.54 Å². The molecular weight excluding hydrogens is 296 g/mol. The molecule has 0 N–H and O–H groups in total. The van der Waals surface area contributed by atoms with E-state index in [4.69, 9.17) is 0 Å². The fourth-order valence-electron chi connectivity index (χ4n) is 4.74. The van der Waals surface area contributed by atoms with E-state index in [9.17, 15) is 0 Å². The lowest BCUT2D eigenvalue weighted by molar-refractivity contribution is -0.0987. The molecule has 0 bridgehead atoms. The Bertz CT molecular complexity index is 419. The highest BCUT2D eigenvalue weighted by molar-refractivity contribution is 5.07. The minimum absolute atomic E-state index is 0.156. The number of nitrogens with zero attached hydrogens (tertiary/aromatic N) is 4. The van der Waals surface area contributed by atoms with Crippen molar-refractivity contribution in [3.63, 3.8) is 0 Å². The molecule has 0 atom stereocenters. The molecule has 24 heavy (non-hydrogen) atoms. The van der Waals surface area contributed by atoms with Crippen molar-refractivity contribution in [2.45, 2.75) is 78.0 Å². The van der Waals surface area contributed by atoms with Gasteiger partial charge >= 0.3 is 0 Å². The van der Waals surface area contributed by atoms with E-state index >= 15 is 0 Å². The highest BCUT2D eigenvalue weighted by Gasteiger charge is 2.49. The average molecular weight is 339 g/mol. The summed E-state index contributed by atoms with van der Waals surface area (Å²) in [6.07, 6.45) is 0. The first-order valence-corrected chi connectivity index (χ1v) is 9.85. The van der Waals surface area contributed by atoms with Crippen molar-refractivity contribution in [2.75, 3.05) is 52.9 Å². The lowest BCUT2D eigenvalue weighted by Gasteiger charge is -2.60. The molecule has 0 amide bonds. The Morgan fingerprint density at radius 1 is 0.750 bits per heavy atom. The lowest BCUT2D eigenvalue weighted by atomic mass is 9.77. The van der Waals surface area contributed by atoms with Crippen molar-refractivity contribution >= 4 is 0 Å². The normalized spacial score (nSPS) is 26.2. The molecule has 0 radical (unpaired) electrons. The summed E-state index contributed by atoms with van der Waals surface area (Å²) in [5, 5.41) is 0. The Balaban J connectivity index is 2.14. The summed E-state index contributed by atoms with van der Waals surface area (Å²) in [5.41, 5.74) is 0.565. The molecule has 0 aromatic rings. The van der Waals surface area contributed by atoms with Crippen LogP contribution < -0.4 is 0 Å². The van der Waals surface area contributed by atoms with Crippen LogP contribution in [0.2, 0.25) is 0 Å². The molecule has 0 aromatic carbocycles. The van der Waals surface area contributed by atoms with Gasteiger partial charge in [0.1, 0.15) is 0 Å². The van der Waals surface area contributed by atoms with Gasteiger partial charge in [0.15, 0.2) is 0 Å². The van der Waals surface area contributed by atoms with Gasteiger partial charge in [0.05, 0.1) is 0 Å². The van der Waals surface area contributed by atoms with E-state index in [-0.39, 0.29) is 16.6 Å². The number of hydrogen-bond acceptors (Lipinski definition) is 4. The molecule has 0 spiro atoms. The Morgan fingerprint density at radius 3 is 1.67 bits per heavy atom. The smallest absolute Gasteiger partial charge is 0.0332 e. The molecule has 2 aliphatic heterocycles. The molecule has 2 fully saturated rings. The summed E-state index contributed by atoms with van der Waals surface area (Å²) < 4.78 is 0. The first-order chi connectivity index (χ1) is 10.9. The molecule has 2 heterocycles. The van der Waals surface area contributed by atoms with Crippen LogP contribution in [0.3, 0.4) is 0 Å². The highest BCUT2D eigenvalue weighted by atomic mass is 15.4. The van der Waals surface area contributed by atoms with Gasteiger partial charge in [-0.05, 0) is 62.4 Å². The van der Waals surface area contributed by atoms with E-state index < -0.39 is 0 Å². The Labute approximate surface area is 151 Å². The molecule has 0 saturated carbocycles. The lowest BCUT2D eigenvalue weighted by Crippen LogP contribution is -2.72. The average Bonchev–Trinajstić information content (AvgIpc) is 2.45. The molecule has 0 aliphatic carbocycles. The van der Waals surface area contributed by atoms with Crippen molar-refractivity contribution in [1.29, 1.82) is 0 Å². The second-order valence-corrected chi connectivity index (χ2v) is 9.93. The van der Waals surface area contributed by atoms with E-state index in [1.807, 2.05) is 0 Å². The van der Waals surface area contributed by atoms with Gasteiger partial charge in [0.25, 0.3) is 0 Å². The van der Waals surface area contributed by atoms with Crippen molar-refractivity contribution in [1.82, 2.24) is 19.6 Å². The van der Waals surface area contributed by atoms with Crippen molar-refractivity contribution in [2.24, 2.45) is 0 Å². The van der Waals surface area contributed by atoms with Crippen LogP contribution in [-0.4, -0.2) is 95.1 Å². The standard InChI is InChI=1S/C20H42N4/c1-17(2)24-15-14-23(16-18(24,3)4)20(7,8)19(5,6)22-12-10-21(9)11-13-22/h17H,10-16H2,1-9H3. The second-order valence-electron chi connectivity index (χ2n) is 9.93. The van der Waals surface area contributed by atoms with Gasteiger partial charge in [0, 0.05) is 68.5 Å². The third-order valence-corrected chi connectivity index (χ3v) is 7.17. The topological polar surface area (TPSA) is 13.0 Å². The molecule has 0 aromatic heterocycles. The Morgan fingerprint density at radius 2 is 1.21 bits per heavy atom. The zero-order valence-corrected chi connectivity index (χ0v) is 17.8. The molecule has 4 heteroatoms. The van der Waals surface area contributed by atoms with Crippen LogP contribution in [0.4, 0.5) is 0 Å². The SMILES string of the molecule is CC(C)N1CCN(C(C)(C)C(C)(C)N2CCN(C)CC2)CC1(C)C. The maximum Gasteiger partial charge on any atom is 0.0332 e. The zero-order chi connectivity index (χ0) is 18.3. The maximum absolute atomic E-state index is 2.75. The molecule has 2 aliphatic rings. The molecule has 4 nitrogen and oxygen atoms in total. The molecule has 2 rings (SSSR count). The fourth-order valence-corrected chi connectivity index (χ4v) is 4.74. The van der Waals surface area contributed by atoms with Crippen LogP contribution in [-0.2, 0) is 0 Å². The van der Waals surface area contributed by atoms with Gasteiger partial charge in [-0.1, -0.05) is 0 Å². The summed E-state index contributed by atoms with van der Waals surface area (Å²) in [4.78, 5) is 10.6. The summed E-state index contributed by atoms with van der Waals surface area (Å²) >= 11 is 0. The third kappa shape index (κ3) is 3.67. The maximum atomic E-state index is 2.75. The molecular formula is C20H42N4. The van der Waals surface area contributed by atoms with Gasteiger partial charge in [-0.2, -0.15) is 0 Å². The largest absolute Gasteiger partial charge is 0.304 e. The fraction of sp³-hybridized carbons (Fsp3) is 1.00. The van der Waals surface area contributed by atoms with E-state index in [1.54, 1.807) is 0 Å². The first-order valence-electron chi connectivity index (χ1n) is 9.85. The number of likely N-dealkylation sites (N-methyl/N-ethyl adjacent to an activating group) is 1. The molecule has 2 saturated heterocycles. The van der Waals surface area contributed by atoms with Crippen LogP contribution in [0.5, 0.6) is 0 Å². The van der Waals surface area contributed by atoms with Crippen LogP contribution in [0, 0.1) is 0 Å². The predicted molar refractivity (Wildman–Crippen MR) is 105 cm³/mol. The number of piperazine rings is 2. The van der Waals surface area contributed by atoms with Crippen molar-refractivity contribution in [3.8, 4) is 0 Å². The summed E-state index contributed by atoms with van der Waals surface area (Å²) in [6, 6.07) is 0.621. The second kappa shape index (κ2) is 6.86. The summed E-state index contributed by atoms with van der Waals surface area (Å²) in [6.45, 7) is 27.6.